The summed E-state index contributed by atoms with van der Waals surface area (Å²) in [5, 5.41) is 2.84. The van der Waals surface area contributed by atoms with Crippen molar-refractivity contribution in [2.45, 2.75) is 25.8 Å². The van der Waals surface area contributed by atoms with E-state index in [2.05, 4.69) is 5.32 Å². The van der Waals surface area contributed by atoms with Crippen LogP contribution in [-0.2, 0) is 9.53 Å². The maximum atomic E-state index is 12.0. The molecule has 1 fully saturated rings. The molecule has 1 aliphatic carbocycles. The quantitative estimate of drug-likeness (QED) is 0.835. The Hall–Kier alpha value is -2.24. The van der Waals surface area contributed by atoms with Gasteiger partial charge < -0.3 is 19.5 Å². The predicted molar refractivity (Wildman–Crippen MR) is 78.0 cm³/mol. The van der Waals surface area contributed by atoms with Crippen LogP contribution in [0.2, 0.25) is 0 Å². The van der Waals surface area contributed by atoms with Gasteiger partial charge in [-0.25, -0.2) is 4.79 Å². The van der Waals surface area contributed by atoms with E-state index in [0.29, 0.717) is 36.2 Å². The molecule has 0 saturated heterocycles. The molecule has 3 rings (SSSR count). The topological polar surface area (TPSA) is 73.9 Å². The Morgan fingerprint density at radius 2 is 2.00 bits per heavy atom. The number of hydrogen-bond donors (Lipinski definition) is 1. The molecule has 6 heteroatoms. The average Bonchev–Trinajstić information content (AvgIpc) is 3.37. The first-order valence-corrected chi connectivity index (χ1v) is 7.49. The standard InChI is InChI=1S/C16H19NO5/c1-10(11-2-3-11)17-15(18)9-22-16(19)12-4-5-13-14(8-12)21-7-6-20-13/h4-5,8,10-11H,2-3,6-7,9H2,1H3,(H,17,18)/t10-/m0/s1. The molecule has 1 aromatic rings. The van der Waals surface area contributed by atoms with Crippen molar-refractivity contribution in [1.82, 2.24) is 5.32 Å². The Labute approximate surface area is 128 Å². The fourth-order valence-corrected chi connectivity index (χ4v) is 2.39. The summed E-state index contributed by atoms with van der Waals surface area (Å²) in [7, 11) is 0. The Kier molecular flexibility index (Phi) is 4.18. The highest BCUT2D eigenvalue weighted by Crippen LogP contribution is 2.32. The van der Waals surface area contributed by atoms with Crippen LogP contribution in [0.15, 0.2) is 18.2 Å². The zero-order chi connectivity index (χ0) is 15.5. The Balaban J connectivity index is 1.52. The van der Waals surface area contributed by atoms with Gasteiger partial charge in [-0.3, -0.25) is 4.79 Å². The largest absolute Gasteiger partial charge is 0.486 e. The van der Waals surface area contributed by atoms with Crippen molar-refractivity contribution in [3.8, 4) is 11.5 Å². The molecule has 1 atom stereocenters. The van der Waals surface area contributed by atoms with Gasteiger partial charge in [0.2, 0.25) is 0 Å². The van der Waals surface area contributed by atoms with Crippen LogP contribution in [0, 0.1) is 5.92 Å². The zero-order valence-corrected chi connectivity index (χ0v) is 12.5. The molecule has 0 unspecified atom stereocenters. The summed E-state index contributed by atoms with van der Waals surface area (Å²) in [5.74, 6) is 0.875. The van der Waals surface area contributed by atoms with Gasteiger partial charge in [0.1, 0.15) is 13.2 Å². The Morgan fingerprint density at radius 1 is 1.27 bits per heavy atom. The number of amides is 1. The second-order valence-electron chi connectivity index (χ2n) is 5.63. The number of ether oxygens (including phenoxy) is 3. The maximum absolute atomic E-state index is 12.0. The molecule has 2 aliphatic rings. The molecule has 118 valence electrons. The highest BCUT2D eigenvalue weighted by Gasteiger charge is 2.29. The van der Waals surface area contributed by atoms with Crippen molar-refractivity contribution >= 4 is 11.9 Å². The van der Waals surface area contributed by atoms with Crippen molar-refractivity contribution in [3.05, 3.63) is 23.8 Å². The van der Waals surface area contributed by atoms with Gasteiger partial charge in [-0.2, -0.15) is 0 Å². The van der Waals surface area contributed by atoms with E-state index in [1.54, 1.807) is 18.2 Å². The smallest absolute Gasteiger partial charge is 0.338 e. The van der Waals surface area contributed by atoms with Crippen molar-refractivity contribution in [1.29, 1.82) is 0 Å². The third-order valence-electron chi connectivity index (χ3n) is 3.83. The molecule has 1 heterocycles. The molecular weight excluding hydrogens is 286 g/mol. The van der Waals surface area contributed by atoms with Crippen molar-refractivity contribution in [3.63, 3.8) is 0 Å². The summed E-state index contributed by atoms with van der Waals surface area (Å²) >= 11 is 0. The monoisotopic (exact) mass is 305 g/mol. The van der Waals surface area contributed by atoms with Crippen LogP contribution in [0.25, 0.3) is 0 Å². The molecule has 1 aliphatic heterocycles. The normalized spacial score (nSPS) is 17.5. The van der Waals surface area contributed by atoms with E-state index in [1.165, 1.54) is 0 Å². The minimum atomic E-state index is -0.550. The van der Waals surface area contributed by atoms with Crippen molar-refractivity contribution in [2.75, 3.05) is 19.8 Å². The summed E-state index contributed by atoms with van der Waals surface area (Å²) < 4.78 is 15.8. The maximum Gasteiger partial charge on any atom is 0.338 e. The number of esters is 1. The van der Waals surface area contributed by atoms with Gasteiger partial charge in [0.15, 0.2) is 18.1 Å². The van der Waals surface area contributed by atoms with Gasteiger partial charge in [0.25, 0.3) is 5.91 Å². The van der Waals surface area contributed by atoms with Gasteiger partial charge in [-0.15, -0.1) is 0 Å². The molecule has 1 amide bonds. The molecule has 0 aromatic heterocycles. The van der Waals surface area contributed by atoms with Gasteiger partial charge in [-0.1, -0.05) is 0 Å². The van der Waals surface area contributed by atoms with Gasteiger partial charge in [0.05, 0.1) is 5.56 Å². The van der Waals surface area contributed by atoms with Crippen molar-refractivity contribution < 1.29 is 23.8 Å². The fraction of sp³-hybridized carbons (Fsp3) is 0.500. The van der Waals surface area contributed by atoms with E-state index in [4.69, 9.17) is 14.2 Å². The zero-order valence-electron chi connectivity index (χ0n) is 12.5. The highest BCUT2D eigenvalue weighted by molar-refractivity contribution is 5.92. The first-order valence-electron chi connectivity index (χ1n) is 7.49. The summed E-state index contributed by atoms with van der Waals surface area (Å²) in [6, 6.07) is 4.98. The lowest BCUT2D eigenvalue weighted by molar-refractivity contribution is -0.124. The number of carbonyl (C=O) groups excluding carboxylic acids is 2. The van der Waals surface area contributed by atoms with Crippen LogP contribution in [0.1, 0.15) is 30.1 Å². The van der Waals surface area contributed by atoms with Gasteiger partial charge >= 0.3 is 5.97 Å². The first-order chi connectivity index (χ1) is 10.6. The first kappa shape index (κ1) is 14.7. The summed E-state index contributed by atoms with van der Waals surface area (Å²) in [6.45, 7) is 2.64. The van der Waals surface area contributed by atoms with Crippen LogP contribution in [0.4, 0.5) is 0 Å². The highest BCUT2D eigenvalue weighted by atomic mass is 16.6. The van der Waals surface area contributed by atoms with Gasteiger partial charge in [0, 0.05) is 6.04 Å². The number of fused-ring (bicyclic) bond motifs is 1. The minimum absolute atomic E-state index is 0.139. The average molecular weight is 305 g/mol. The molecule has 0 spiro atoms. The lowest BCUT2D eigenvalue weighted by Crippen LogP contribution is -2.37. The van der Waals surface area contributed by atoms with Crippen LogP contribution in [0.3, 0.4) is 0 Å². The molecule has 1 aromatic carbocycles. The summed E-state index contributed by atoms with van der Waals surface area (Å²) in [5.41, 5.74) is 0.340. The van der Waals surface area contributed by atoms with E-state index in [9.17, 15) is 9.59 Å². The van der Waals surface area contributed by atoms with Crippen LogP contribution in [0.5, 0.6) is 11.5 Å². The number of hydrogen-bond acceptors (Lipinski definition) is 5. The third kappa shape index (κ3) is 3.50. The van der Waals surface area contributed by atoms with Crippen LogP contribution >= 0.6 is 0 Å². The van der Waals surface area contributed by atoms with Crippen molar-refractivity contribution in [2.24, 2.45) is 5.92 Å². The number of benzene rings is 1. The molecule has 1 N–H and O–H groups in total. The van der Waals surface area contributed by atoms with E-state index >= 15 is 0 Å². The molecule has 6 nitrogen and oxygen atoms in total. The number of rotatable bonds is 5. The second kappa shape index (κ2) is 6.25. The lowest BCUT2D eigenvalue weighted by atomic mass is 10.2. The second-order valence-corrected chi connectivity index (χ2v) is 5.63. The number of carbonyl (C=O) groups is 2. The van der Waals surface area contributed by atoms with E-state index in [1.807, 2.05) is 6.92 Å². The molecule has 0 bridgehead atoms. The molecule has 22 heavy (non-hydrogen) atoms. The Morgan fingerprint density at radius 3 is 2.73 bits per heavy atom. The van der Waals surface area contributed by atoms with E-state index in [0.717, 1.165) is 12.8 Å². The molecule has 1 saturated carbocycles. The minimum Gasteiger partial charge on any atom is -0.486 e. The van der Waals surface area contributed by atoms with E-state index < -0.39 is 5.97 Å². The van der Waals surface area contributed by atoms with E-state index in [-0.39, 0.29) is 18.6 Å². The SMILES string of the molecule is C[C@H](NC(=O)COC(=O)c1ccc2c(c1)OCCO2)C1CC1. The fourth-order valence-electron chi connectivity index (χ4n) is 2.39. The van der Waals surface area contributed by atoms with Crippen LogP contribution in [-0.4, -0.2) is 37.7 Å². The summed E-state index contributed by atoms with van der Waals surface area (Å²) in [6.07, 6.45) is 2.30. The summed E-state index contributed by atoms with van der Waals surface area (Å²) in [4.78, 5) is 23.7. The Bertz CT molecular complexity index is 582. The number of nitrogens with one attached hydrogen (secondary N) is 1. The lowest BCUT2D eigenvalue weighted by Gasteiger charge is -2.18. The van der Waals surface area contributed by atoms with Crippen LogP contribution < -0.4 is 14.8 Å². The molecule has 0 radical (unpaired) electrons. The van der Waals surface area contributed by atoms with Gasteiger partial charge in [-0.05, 0) is 43.9 Å². The molecular formula is C16H19NO5. The predicted octanol–water partition coefficient (Wildman–Crippen LogP) is 1.53. The third-order valence-corrected chi connectivity index (χ3v) is 3.83.